The van der Waals surface area contributed by atoms with Crippen molar-refractivity contribution in [3.8, 4) is 5.75 Å². The van der Waals surface area contributed by atoms with Gasteiger partial charge in [-0.1, -0.05) is 0 Å². The molecular formula is C13H9F2NO2. The Hall–Kier alpha value is -2.30. The number of carbonyl (C=O) groups excluding carboxylic acids is 1. The molecule has 2 aromatic rings. The van der Waals surface area contributed by atoms with Crippen molar-refractivity contribution < 1.29 is 18.7 Å². The van der Waals surface area contributed by atoms with Crippen LogP contribution < -0.4 is 0 Å². The van der Waals surface area contributed by atoms with Crippen molar-refractivity contribution in [1.82, 2.24) is 4.98 Å². The van der Waals surface area contributed by atoms with E-state index in [1.54, 1.807) is 6.07 Å². The Balaban J connectivity index is 2.45. The monoisotopic (exact) mass is 249 g/mol. The number of hydrogen-bond donors (Lipinski definition) is 1. The lowest BCUT2D eigenvalue weighted by Gasteiger charge is -2.06. The first kappa shape index (κ1) is 12.2. The molecule has 0 bridgehead atoms. The van der Waals surface area contributed by atoms with Crippen LogP contribution in [-0.4, -0.2) is 15.9 Å². The van der Waals surface area contributed by atoms with Crippen LogP contribution >= 0.6 is 0 Å². The molecule has 0 aliphatic heterocycles. The number of halogens is 2. The molecule has 2 rings (SSSR count). The van der Waals surface area contributed by atoms with Gasteiger partial charge in [0.05, 0.1) is 5.56 Å². The summed E-state index contributed by atoms with van der Waals surface area (Å²) in [4.78, 5) is 15.8. The Bertz CT molecular complexity index is 570. The lowest BCUT2D eigenvalue weighted by Crippen LogP contribution is -2.03. The number of phenolic OH excluding ortho intramolecular Hbond substituents is 1. The molecule has 0 radical (unpaired) electrons. The number of ketones is 1. The molecule has 5 heteroatoms. The molecule has 0 aliphatic rings. The third-order valence-corrected chi connectivity index (χ3v) is 2.44. The quantitative estimate of drug-likeness (QED) is 0.851. The van der Waals surface area contributed by atoms with E-state index >= 15 is 0 Å². The Morgan fingerprint density at radius 3 is 2.67 bits per heavy atom. The number of carbonyl (C=O) groups is 1. The fourth-order valence-electron chi connectivity index (χ4n) is 1.52. The lowest BCUT2D eigenvalue weighted by atomic mass is 10.0. The Kier molecular flexibility index (Phi) is 3.32. The average Bonchev–Trinajstić information content (AvgIpc) is 2.39. The van der Waals surface area contributed by atoms with Crippen LogP contribution in [0.1, 0.15) is 27.9 Å². The number of hydrogen-bond acceptors (Lipinski definition) is 3. The normalized spacial score (nSPS) is 10.6. The molecule has 92 valence electrons. The number of aromatic nitrogens is 1. The molecule has 0 saturated carbocycles. The minimum atomic E-state index is -2.69. The molecule has 0 spiro atoms. The van der Waals surface area contributed by atoms with Crippen LogP contribution in [0.3, 0.4) is 0 Å². The molecular weight excluding hydrogens is 240 g/mol. The minimum Gasteiger partial charge on any atom is -0.507 e. The number of alkyl halides is 2. The van der Waals surface area contributed by atoms with Crippen LogP contribution in [0.15, 0.2) is 42.7 Å². The lowest BCUT2D eigenvalue weighted by molar-refractivity contribution is 0.103. The number of pyridine rings is 1. The largest absolute Gasteiger partial charge is 0.507 e. The Labute approximate surface area is 102 Å². The van der Waals surface area contributed by atoms with Gasteiger partial charge in [0.25, 0.3) is 6.43 Å². The second-order valence-electron chi connectivity index (χ2n) is 3.65. The van der Waals surface area contributed by atoms with Gasteiger partial charge >= 0.3 is 0 Å². The summed E-state index contributed by atoms with van der Waals surface area (Å²) in [5.41, 5.74) is -0.222. The van der Waals surface area contributed by atoms with Gasteiger partial charge in [0.1, 0.15) is 5.75 Å². The molecule has 0 saturated heterocycles. The van der Waals surface area contributed by atoms with E-state index in [9.17, 15) is 18.7 Å². The topological polar surface area (TPSA) is 50.2 Å². The zero-order chi connectivity index (χ0) is 13.1. The Morgan fingerprint density at radius 2 is 2.06 bits per heavy atom. The van der Waals surface area contributed by atoms with Crippen molar-refractivity contribution in [2.45, 2.75) is 6.43 Å². The fourth-order valence-corrected chi connectivity index (χ4v) is 1.52. The summed E-state index contributed by atoms with van der Waals surface area (Å²) in [6.07, 6.45) is 0.120. The maximum Gasteiger partial charge on any atom is 0.263 e. The molecule has 0 atom stereocenters. The van der Waals surface area contributed by atoms with Crippen LogP contribution in [0.2, 0.25) is 0 Å². The average molecular weight is 249 g/mol. The molecule has 1 aromatic heterocycles. The molecule has 1 N–H and O–H groups in total. The van der Waals surface area contributed by atoms with Crippen LogP contribution in [0.4, 0.5) is 8.78 Å². The van der Waals surface area contributed by atoms with Crippen molar-refractivity contribution in [3.63, 3.8) is 0 Å². The second kappa shape index (κ2) is 4.91. The fraction of sp³-hybridized carbons (Fsp3) is 0.0769. The molecule has 0 aliphatic carbocycles. The van der Waals surface area contributed by atoms with Gasteiger partial charge in [-0.3, -0.25) is 9.78 Å². The summed E-state index contributed by atoms with van der Waals surface area (Å²) in [6.45, 7) is 0. The highest BCUT2D eigenvalue weighted by molar-refractivity contribution is 6.10. The summed E-state index contributed by atoms with van der Waals surface area (Å²) >= 11 is 0. The molecule has 3 nitrogen and oxygen atoms in total. The van der Waals surface area contributed by atoms with E-state index < -0.39 is 12.2 Å². The number of aromatic hydroxyl groups is 1. The SMILES string of the molecule is O=C(c1cccnc1)c1cc(C(F)F)ccc1O. The van der Waals surface area contributed by atoms with Gasteiger partial charge in [-0.2, -0.15) is 0 Å². The maximum absolute atomic E-state index is 12.5. The summed E-state index contributed by atoms with van der Waals surface area (Å²) in [6, 6.07) is 6.23. The van der Waals surface area contributed by atoms with Crippen molar-refractivity contribution in [2.75, 3.05) is 0 Å². The van der Waals surface area contributed by atoms with Crippen molar-refractivity contribution >= 4 is 5.78 Å². The third kappa shape index (κ3) is 2.34. The van der Waals surface area contributed by atoms with E-state index in [-0.39, 0.29) is 22.4 Å². The highest BCUT2D eigenvalue weighted by Gasteiger charge is 2.17. The molecule has 18 heavy (non-hydrogen) atoms. The van der Waals surface area contributed by atoms with E-state index in [2.05, 4.69) is 4.98 Å². The van der Waals surface area contributed by atoms with Gasteiger partial charge in [-0.25, -0.2) is 8.78 Å². The van der Waals surface area contributed by atoms with E-state index in [0.29, 0.717) is 0 Å². The number of phenols is 1. The Morgan fingerprint density at radius 1 is 1.28 bits per heavy atom. The zero-order valence-electron chi connectivity index (χ0n) is 9.18. The summed E-state index contributed by atoms with van der Waals surface area (Å²) in [5.74, 6) is -0.864. The van der Waals surface area contributed by atoms with Gasteiger partial charge in [-0.15, -0.1) is 0 Å². The standard InChI is InChI=1S/C13H9F2NO2/c14-13(15)8-3-4-11(17)10(6-8)12(18)9-2-1-5-16-7-9/h1-7,13,17H. The van der Waals surface area contributed by atoms with E-state index in [1.165, 1.54) is 18.5 Å². The van der Waals surface area contributed by atoms with Gasteiger partial charge in [0, 0.05) is 23.5 Å². The predicted octanol–water partition coefficient (Wildman–Crippen LogP) is 2.96. The van der Waals surface area contributed by atoms with E-state index in [0.717, 1.165) is 18.2 Å². The van der Waals surface area contributed by atoms with Crippen LogP contribution in [0.5, 0.6) is 5.75 Å². The van der Waals surface area contributed by atoms with Crippen LogP contribution in [-0.2, 0) is 0 Å². The smallest absolute Gasteiger partial charge is 0.263 e. The van der Waals surface area contributed by atoms with Crippen molar-refractivity contribution in [3.05, 3.63) is 59.4 Å². The first-order valence-electron chi connectivity index (χ1n) is 5.15. The predicted molar refractivity (Wildman–Crippen MR) is 60.7 cm³/mol. The highest BCUT2D eigenvalue weighted by Crippen LogP contribution is 2.26. The van der Waals surface area contributed by atoms with Crippen molar-refractivity contribution in [1.29, 1.82) is 0 Å². The number of rotatable bonds is 3. The first-order chi connectivity index (χ1) is 8.59. The molecule has 0 unspecified atom stereocenters. The molecule has 1 heterocycles. The maximum atomic E-state index is 12.5. The van der Waals surface area contributed by atoms with Gasteiger partial charge in [0.15, 0.2) is 5.78 Å². The van der Waals surface area contributed by atoms with Crippen LogP contribution in [0, 0.1) is 0 Å². The minimum absolute atomic E-state index is 0.152. The molecule has 1 aromatic carbocycles. The second-order valence-corrected chi connectivity index (χ2v) is 3.65. The highest BCUT2D eigenvalue weighted by atomic mass is 19.3. The van der Waals surface area contributed by atoms with Crippen molar-refractivity contribution in [2.24, 2.45) is 0 Å². The summed E-state index contributed by atoms with van der Waals surface area (Å²) in [7, 11) is 0. The molecule has 0 fully saturated rings. The zero-order valence-corrected chi connectivity index (χ0v) is 9.18. The van der Waals surface area contributed by atoms with E-state index in [4.69, 9.17) is 0 Å². The van der Waals surface area contributed by atoms with Gasteiger partial charge < -0.3 is 5.11 Å². The molecule has 0 amide bonds. The number of nitrogens with zero attached hydrogens (tertiary/aromatic N) is 1. The third-order valence-electron chi connectivity index (χ3n) is 2.44. The van der Waals surface area contributed by atoms with Crippen LogP contribution in [0.25, 0.3) is 0 Å². The summed E-state index contributed by atoms with van der Waals surface area (Å²) in [5, 5.41) is 9.56. The van der Waals surface area contributed by atoms with E-state index in [1.807, 2.05) is 0 Å². The first-order valence-corrected chi connectivity index (χ1v) is 5.15. The number of benzene rings is 1. The van der Waals surface area contributed by atoms with Gasteiger partial charge in [-0.05, 0) is 30.3 Å². The summed E-state index contributed by atoms with van der Waals surface area (Å²) < 4.78 is 25.1. The van der Waals surface area contributed by atoms with Gasteiger partial charge in [0.2, 0.25) is 0 Å².